The van der Waals surface area contributed by atoms with Crippen LogP contribution in [0.4, 0.5) is 10.5 Å². The topological polar surface area (TPSA) is 41.6 Å². The zero-order chi connectivity index (χ0) is 12.2. The summed E-state index contributed by atoms with van der Waals surface area (Å²) in [6.07, 6.45) is -0.489. The molecule has 1 aromatic rings. The fraction of sp³-hybridized carbons (Fsp3) is 0.364. The third-order valence-corrected chi connectivity index (χ3v) is 2.02. The molecule has 0 fully saturated rings. The van der Waals surface area contributed by atoms with Crippen molar-refractivity contribution in [1.82, 2.24) is 4.03 Å². The van der Waals surface area contributed by atoms with E-state index in [0.717, 1.165) is 9.72 Å². The third-order valence-electron chi connectivity index (χ3n) is 1.55. The number of nitrogens with one attached hydrogen (secondary N) is 1. The van der Waals surface area contributed by atoms with Crippen LogP contribution in [0.5, 0.6) is 0 Å². The molecule has 0 bridgehead atoms. The Morgan fingerprint density at radius 3 is 2.38 bits per heavy atom. The van der Waals surface area contributed by atoms with Crippen LogP contribution in [0.15, 0.2) is 30.3 Å². The van der Waals surface area contributed by atoms with E-state index in [0.29, 0.717) is 0 Å². The predicted octanol–water partition coefficient (Wildman–Crippen LogP) is 3.56. The van der Waals surface area contributed by atoms with Gasteiger partial charge in [-0.2, -0.15) is 4.03 Å². The average molecular weight is 287 g/mol. The van der Waals surface area contributed by atoms with Crippen molar-refractivity contribution in [3.05, 3.63) is 30.3 Å². The maximum atomic E-state index is 11.6. The van der Waals surface area contributed by atoms with Crippen LogP contribution in [0.2, 0.25) is 0 Å². The van der Waals surface area contributed by atoms with E-state index in [-0.39, 0.29) is 0 Å². The molecule has 0 aliphatic rings. The number of amides is 1. The molecule has 0 atom stereocenters. The van der Waals surface area contributed by atoms with Gasteiger partial charge in [0.2, 0.25) is 0 Å². The fourth-order valence-electron chi connectivity index (χ4n) is 0.974. The summed E-state index contributed by atoms with van der Waals surface area (Å²) >= 11 is 3.08. The summed E-state index contributed by atoms with van der Waals surface area (Å²) in [6.45, 7) is 5.44. The molecule has 0 aromatic heterocycles. The molecule has 88 valence electrons. The van der Waals surface area contributed by atoms with Gasteiger partial charge in [-0.3, -0.25) is 5.43 Å². The monoisotopic (exact) mass is 286 g/mol. The van der Waals surface area contributed by atoms with Crippen LogP contribution in [0.25, 0.3) is 0 Å². The van der Waals surface area contributed by atoms with E-state index in [1.165, 1.54) is 0 Å². The highest BCUT2D eigenvalue weighted by Crippen LogP contribution is 2.14. The number of benzene rings is 1. The lowest BCUT2D eigenvalue weighted by Gasteiger charge is -2.23. The number of halogens is 1. The van der Waals surface area contributed by atoms with Gasteiger partial charge in [-0.1, -0.05) is 18.2 Å². The summed E-state index contributed by atoms with van der Waals surface area (Å²) in [7, 11) is 0. The lowest BCUT2D eigenvalue weighted by atomic mass is 10.2. The van der Waals surface area contributed by atoms with Gasteiger partial charge in [0, 0.05) is 0 Å². The van der Waals surface area contributed by atoms with Crippen molar-refractivity contribution in [2.75, 3.05) is 5.43 Å². The number of hydrogen-bond acceptors (Lipinski definition) is 3. The molecule has 1 amide bonds. The highest BCUT2D eigenvalue weighted by Gasteiger charge is 2.20. The predicted molar refractivity (Wildman–Crippen MR) is 67.1 cm³/mol. The van der Waals surface area contributed by atoms with Crippen molar-refractivity contribution in [3.63, 3.8) is 0 Å². The maximum Gasteiger partial charge on any atom is 0.439 e. The number of nitrogens with zero attached hydrogens (tertiary/aromatic N) is 1. The molecule has 5 heteroatoms. The number of hydrogen-bond donors (Lipinski definition) is 1. The minimum atomic E-state index is -0.512. The Morgan fingerprint density at radius 1 is 1.31 bits per heavy atom. The summed E-state index contributed by atoms with van der Waals surface area (Å²) in [5.74, 6) is 0. The second kappa shape index (κ2) is 5.21. The van der Waals surface area contributed by atoms with Gasteiger partial charge in [0.05, 0.1) is 21.8 Å². The third kappa shape index (κ3) is 4.53. The van der Waals surface area contributed by atoms with E-state index in [9.17, 15) is 4.79 Å². The highest BCUT2D eigenvalue weighted by atomic mass is 79.9. The maximum absolute atomic E-state index is 11.6. The van der Waals surface area contributed by atoms with E-state index in [1.807, 2.05) is 51.1 Å². The number of hydrazine groups is 1. The number of para-hydroxylation sites is 1. The molecule has 0 saturated carbocycles. The van der Waals surface area contributed by atoms with Gasteiger partial charge >= 0.3 is 6.09 Å². The summed E-state index contributed by atoms with van der Waals surface area (Å²) in [5, 5.41) is 0. The summed E-state index contributed by atoms with van der Waals surface area (Å²) < 4.78 is 6.28. The van der Waals surface area contributed by atoms with E-state index >= 15 is 0 Å². The molecule has 4 nitrogen and oxygen atoms in total. The summed E-state index contributed by atoms with van der Waals surface area (Å²) in [6, 6.07) is 9.34. The number of carbonyl (C=O) groups excluding carboxylic acids is 1. The van der Waals surface area contributed by atoms with E-state index in [2.05, 4.69) is 21.6 Å². The Balaban J connectivity index is 2.53. The molecule has 16 heavy (non-hydrogen) atoms. The van der Waals surface area contributed by atoms with Crippen LogP contribution in [0.3, 0.4) is 0 Å². The molecule has 0 aliphatic carbocycles. The first-order valence-electron chi connectivity index (χ1n) is 4.89. The van der Waals surface area contributed by atoms with Gasteiger partial charge < -0.3 is 4.74 Å². The zero-order valence-electron chi connectivity index (χ0n) is 9.53. The second-order valence-electron chi connectivity index (χ2n) is 4.24. The molecule has 0 unspecified atom stereocenters. The largest absolute Gasteiger partial charge is 0.442 e. The van der Waals surface area contributed by atoms with Crippen LogP contribution in [0.1, 0.15) is 20.8 Å². The number of ether oxygens (including phenoxy) is 1. The van der Waals surface area contributed by atoms with Crippen LogP contribution in [-0.4, -0.2) is 15.7 Å². The molecule has 1 aromatic carbocycles. The molecule has 0 radical (unpaired) electrons. The first-order chi connectivity index (χ1) is 7.38. The number of anilines is 1. The Bertz CT molecular complexity index is 349. The van der Waals surface area contributed by atoms with Crippen LogP contribution in [0, 0.1) is 0 Å². The van der Waals surface area contributed by atoms with Crippen molar-refractivity contribution < 1.29 is 9.53 Å². The Kier molecular flexibility index (Phi) is 4.18. The molecule has 0 heterocycles. The lowest BCUT2D eigenvalue weighted by molar-refractivity contribution is 0.0440. The van der Waals surface area contributed by atoms with Gasteiger partial charge in [-0.15, -0.1) is 0 Å². The lowest BCUT2D eigenvalue weighted by Crippen LogP contribution is -2.33. The quantitative estimate of drug-likeness (QED) is 0.668. The molecule has 0 aliphatic heterocycles. The van der Waals surface area contributed by atoms with E-state index in [1.54, 1.807) is 0 Å². The molecular weight excluding hydrogens is 272 g/mol. The Hall–Kier alpha value is -1.23. The molecule has 0 saturated heterocycles. The number of rotatable bonds is 2. The smallest absolute Gasteiger partial charge is 0.439 e. The van der Waals surface area contributed by atoms with E-state index < -0.39 is 11.7 Å². The first kappa shape index (κ1) is 12.8. The normalized spacial score (nSPS) is 10.8. The standard InChI is InChI=1S/C11H15BrN2O2/c1-11(2,3)16-10(15)14(12)13-9-7-5-4-6-8-9/h4-8,13H,1-3H3. The first-order valence-corrected chi connectivity index (χ1v) is 5.60. The zero-order valence-corrected chi connectivity index (χ0v) is 11.1. The van der Waals surface area contributed by atoms with Crippen LogP contribution < -0.4 is 5.43 Å². The average Bonchev–Trinajstić information content (AvgIpc) is 2.16. The molecule has 1 N–H and O–H groups in total. The van der Waals surface area contributed by atoms with Crippen molar-refractivity contribution in [2.24, 2.45) is 0 Å². The fourth-order valence-corrected chi connectivity index (χ4v) is 1.25. The van der Waals surface area contributed by atoms with Crippen molar-refractivity contribution in [1.29, 1.82) is 0 Å². The molecular formula is C11H15BrN2O2. The van der Waals surface area contributed by atoms with E-state index in [4.69, 9.17) is 4.74 Å². The minimum absolute atomic E-state index is 0.489. The summed E-state index contributed by atoms with van der Waals surface area (Å²) in [5.41, 5.74) is 3.12. The van der Waals surface area contributed by atoms with Crippen LogP contribution in [-0.2, 0) is 4.74 Å². The van der Waals surface area contributed by atoms with Gasteiger partial charge in [0.1, 0.15) is 5.60 Å². The highest BCUT2D eigenvalue weighted by molar-refractivity contribution is 9.07. The van der Waals surface area contributed by atoms with Gasteiger partial charge in [0.25, 0.3) is 0 Å². The van der Waals surface area contributed by atoms with Gasteiger partial charge in [-0.25, -0.2) is 4.79 Å². The van der Waals surface area contributed by atoms with Crippen molar-refractivity contribution in [3.8, 4) is 0 Å². The SMILES string of the molecule is CC(C)(C)OC(=O)N(Br)Nc1ccccc1. The van der Waals surface area contributed by atoms with Crippen LogP contribution >= 0.6 is 16.1 Å². The van der Waals surface area contributed by atoms with Gasteiger partial charge in [-0.05, 0) is 32.9 Å². The summed E-state index contributed by atoms with van der Waals surface area (Å²) in [4.78, 5) is 11.6. The number of carbonyl (C=O) groups is 1. The minimum Gasteiger partial charge on any atom is -0.442 e. The molecule has 1 rings (SSSR count). The van der Waals surface area contributed by atoms with Crippen molar-refractivity contribution >= 4 is 27.9 Å². The Morgan fingerprint density at radius 2 is 1.88 bits per heavy atom. The molecule has 0 spiro atoms. The van der Waals surface area contributed by atoms with Crippen molar-refractivity contribution in [2.45, 2.75) is 26.4 Å². The second-order valence-corrected chi connectivity index (χ2v) is 4.95. The Labute approximate surface area is 104 Å². The van der Waals surface area contributed by atoms with Gasteiger partial charge in [0.15, 0.2) is 0 Å².